The molecular formula is C20H11N3O6. The largest absolute Gasteiger partial charge is 0.457 e. The maximum atomic E-state index is 12.7. The Hall–Kier alpha value is -4.10. The van der Waals surface area contributed by atoms with Gasteiger partial charge in [0.15, 0.2) is 23.0 Å². The number of carbonyl (C=O) groups is 1. The van der Waals surface area contributed by atoms with Crippen molar-refractivity contribution in [3.8, 4) is 34.1 Å². The number of esters is 1. The second-order valence-electron chi connectivity index (χ2n) is 6.66. The van der Waals surface area contributed by atoms with Crippen LogP contribution in [0.25, 0.3) is 32.3 Å². The van der Waals surface area contributed by atoms with Crippen LogP contribution in [-0.4, -0.2) is 19.6 Å². The number of nitrogens with zero attached hydrogens (tertiary/aromatic N) is 3. The highest BCUT2D eigenvalue weighted by Crippen LogP contribution is 2.49. The molecule has 0 aromatic heterocycles. The molecule has 0 fully saturated rings. The quantitative estimate of drug-likeness (QED) is 0.274. The lowest BCUT2D eigenvalue weighted by atomic mass is 9.89. The number of cyclic esters (lactones) is 1. The van der Waals surface area contributed by atoms with Crippen LogP contribution in [0, 0.1) is 0 Å². The van der Waals surface area contributed by atoms with Gasteiger partial charge in [-0.1, -0.05) is 11.2 Å². The highest BCUT2D eigenvalue weighted by Gasteiger charge is 2.32. The smallest absolute Gasteiger partial charge is 0.339 e. The molecule has 0 unspecified atom stereocenters. The number of ether oxygens (including phenoxy) is 5. The van der Waals surface area contributed by atoms with Crippen LogP contribution >= 0.6 is 0 Å². The molecule has 3 aromatic carbocycles. The van der Waals surface area contributed by atoms with E-state index >= 15 is 0 Å². The van der Waals surface area contributed by atoms with E-state index in [0.717, 1.165) is 5.56 Å². The predicted octanol–water partition coefficient (Wildman–Crippen LogP) is 4.58. The third-order valence-electron chi connectivity index (χ3n) is 5.23. The molecule has 0 saturated heterocycles. The van der Waals surface area contributed by atoms with E-state index in [2.05, 4.69) is 10.0 Å². The van der Waals surface area contributed by atoms with Gasteiger partial charge >= 0.3 is 5.97 Å². The normalized spacial score (nSPS) is 15.2. The summed E-state index contributed by atoms with van der Waals surface area (Å²) < 4.78 is 27.2. The van der Waals surface area contributed by atoms with Crippen LogP contribution in [0.5, 0.6) is 23.0 Å². The molecule has 3 aliphatic heterocycles. The first-order chi connectivity index (χ1) is 14.2. The van der Waals surface area contributed by atoms with E-state index in [9.17, 15) is 4.79 Å². The van der Waals surface area contributed by atoms with Crippen LogP contribution in [0.2, 0.25) is 0 Å². The Kier molecular flexibility index (Phi) is 3.13. The molecule has 3 heterocycles. The minimum atomic E-state index is -0.471. The van der Waals surface area contributed by atoms with Gasteiger partial charge in [-0.25, -0.2) is 4.79 Å². The van der Waals surface area contributed by atoms with E-state index in [1.807, 2.05) is 12.1 Å². The first kappa shape index (κ1) is 15.9. The molecule has 0 aliphatic carbocycles. The molecular weight excluding hydrogens is 378 g/mol. The summed E-state index contributed by atoms with van der Waals surface area (Å²) in [6.07, 6.45) is 0. The van der Waals surface area contributed by atoms with Gasteiger partial charge in [0.1, 0.15) is 6.61 Å². The molecule has 0 bridgehead atoms. The van der Waals surface area contributed by atoms with Gasteiger partial charge in [0.25, 0.3) is 0 Å². The lowest BCUT2D eigenvalue weighted by molar-refractivity contribution is 0.0536. The molecule has 0 atom stereocenters. The Morgan fingerprint density at radius 3 is 2.28 bits per heavy atom. The number of benzene rings is 3. The van der Waals surface area contributed by atoms with E-state index in [1.54, 1.807) is 18.2 Å². The molecule has 0 saturated carbocycles. The fraction of sp³-hybridized carbons (Fsp3) is 0.150. The summed E-state index contributed by atoms with van der Waals surface area (Å²) in [7, 11) is 0. The van der Waals surface area contributed by atoms with E-state index in [0.29, 0.717) is 56.1 Å². The van der Waals surface area contributed by atoms with Gasteiger partial charge in [0.2, 0.25) is 13.6 Å². The van der Waals surface area contributed by atoms with Crippen LogP contribution in [0.4, 0.5) is 5.69 Å². The van der Waals surface area contributed by atoms with Gasteiger partial charge in [-0.15, -0.1) is 0 Å². The molecule has 142 valence electrons. The van der Waals surface area contributed by atoms with Gasteiger partial charge in [-0.05, 0) is 46.1 Å². The number of carbonyl (C=O) groups excluding carboxylic acids is 1. The minimum Gasteiger partial charge on any atom is -0.457 e. The molecule has 0 N–H and O–H groups in total. The Morgan fingerprint density at radius 1 is 0.828 bits per heavy atom. The summed E-state index contributed by atoms with van der Waals surface area (Å²) in [5.41, 5.74) is 11.8. The molecule has 9 heteroatoms. The maximum Gasteiger partial charge on any atom is 0.339 e. The van der Waals surface area contributed by atoms with Crippen molar-refractivity contribution in [3.05, 3.63) is 51.9 Å². The highest BCUT2D eigenvalue weighted by molar-refractivity contribution is 6.15. The predicted molar refractivity (Wildman–Crippen MR) is 99.6 cm³/mol. The summed E-state index contributed by atoms with van der Waals surface area (Å²) in [6, 6.07) is 9.03. The highest BCUT2D eigenvalue weighted by atomic mass is 16.7. The van der Waals surface area contributed by atoms with E-state index in [4.69, 9.17) is 29.2 Å². The number of fused-ring (bicyclic) bond motifs is 4. The van der Waals surface area contributed by atoms with Gasteiger partial charge in [-0.2, -0.15) is 0 Å². The molecule has 6 rings (SSSR count). The lowest BCUT2D eigenvalue weighted by Crippen LogP contribution is -1.99. The van der Waals surface area contributed by atoms with Crippen LogP contribution in [0.3, 0.4) is 0 Å². The maximum absolute atomic E-state index is 12.7. The summed E-state index contributed by atoms with van der Waals surface area (Å²) in [5.74, 6) is 1.87. The molecule has 0 spiro atoms. The van der Waals surface area contributed by atoms with Gasteiger partial charge in [0, 0.05) is 16.0 Å². The van der Waals surface area contributed by atoms with Crippen molar-refractivity contribution in [1.82, 2.24) is 0 Å². The SMILES string of the molecule is [N-]=[N+]=Nc1c2c(c(-c3ccc4c(c3)OCO4)c3cc4c(cc13)OCO4)C(=O)OC2. The van der Waals surface area contributed by atoms with Crippen LogP contribution in [-0.2, 0) is 11.3 Å². The van der Waals surface area contributed by atoms with Gasteiger partial charge in [-0.3, -0.25) is 0 Å². The standard InChI is InChI=1S/C20H11N3O6/c21-23-22-19-11-5-16-15(28-8-29-16)4-10(11)17(18-12(19)6-25-20(18)24)9-1-2-13-14(3-9)27-7-26-13/h1-5H,6-8H2. The number of rotatable bonds is 2. The van der Waals surface area contributed by atoms with Crippen LogP contribution in [0.1, 0.15) is 15.9 Å². The first-order valence-corrected chi connectivity index (χ1v) is 8.79. The third-order valence-corrected chi connectivity index (χ3v) is 5.23. The van der Waals surface area contributed by atoms with Crippen molar-refractivity contribution in [3.63, 3.8) is 0 Å². The molecule has 0 amide bonds. The molecule has 3 aliphatic rings. The van der Waals surface area contributed by atoms with Crippen molar-refractivity contribution < 1.29 is 28.5 Å². The topological polar surface area (TPSA) is 112 Å². The first-order valence-electron chi connectivity index (χ1n) is 8.79. The monoisotopic (exact) mass is 389 g/mol. The Balaban J connectivity index is 1.76. The van der Waals surface area contributed by atoms with Gasteiger partial charge < -0.3 is 23.7 Å². The molecule has 9 nitrogen and oxygen atoms in total. The fourth-order valence-corrected chi connectivity index (χ4v) is 4.00. The zero-order chi connectivity index (χ0) is 19.5. The minimum absolute atomic E-state index is 0.0322. The summed E-state index contributed by atoms with van der Waals surface area (Å²) in [5, 5.41) is 5.20. The van der Waals surface area contributed by atoms with Crippen molar-refractivity contribution in [1.29, 1.82) is 0 Å². The lowest BCUT2D eigenvalue weighted by Gasteiger charge is -2.15. The van der Waals surface area contributed by atoms with E-state index < -0.39 is 5.97 Å². The van der Waals surface area contributed by atoms with Crippen molar-refractivity contribution >= 4 is 22.4 Å². The zero-order valence-electron chi connectivity index (χ0n) is 14.8. The van der Waals surface area contributed by atoms with E-state index in [-0.39, 0.29) is 20.2 Å². The van der Waals surface area contributed by atoms with E-state index in [1.165, 1.54) is 0 Å². The summed E-state index contributed by atoms with van der Waals surface area (Å²) in [4.78, 5) is 15.6. The molecule has 0 radical (unpaired) electrons. The fourth-order valence-electron chi connectivity index (χ4n) is 4.00. The molecule has 29 heavy (non-hydrogen) atoms. The Morgan fingerprint density at radius 2 is 1.52 bits per heavy atom. The van der Waals surface area contributed by atoms with Crippen molar-refractivity contribution in [2.24, 2.45) is 5.11 Å². The zero-order valence-corrected chi connectivity index (χ0v) is 14.8. The average Bonchev–Trinajstić information content (AvgIpc) is 3.46. The van der Waals surface area contributed by atoms with Crippen molar-refractivity contribution in [2.45, 2.75) is 6.61 Å². The Bertz CT molecular complexity index is 1300. The Labute approximate surface area is 162 Å². The summed E-state index contributed by atoms with van der Waals surface area (Å²) >= 11 is 0. The van der Waals surface area contributed by atoms with Gasteiger partial charge in [0.05, 0.1) is 11.3 Å². The second kappa shape index (κ2) is 5.70. The number of hydrogen-bond donors (Lipinski definition) is 0. The average molecular weight is 389 g/mol. The third kappa shape index (κ3) is 2.16. The molecule has 3 aromatic rings. The number of azide groups is 1. The second-order valence-corrected chi connectivity index (χ2v) is 6.66. The summed E-state index contributed by atoms with van der Waals surface area (Å²) in [6.45, 7) is 0.280. The van der Waals surface area contributed by atoms with Crippen LogP contribution < -0.4 is 18.9 Å². The van der Waals surface area contributed by atoms with Crippen LogP contribution in [0.15, 0.2) is 35.4 Å². The van der Waals surface area contributed by atoms with Crippen molar-refractivity contribution in [2.75, 3.05) is 13.6 Å². The number of hydrogen-bond acceptors (Lipinski definition) is 7.